The molecule has 4 rings (SSSR count). The normalized spacial score (nSPS) is 18.2. The minimum atomic E-state index is -0.921. The predicted molar refractivity (Wildman–Crippen MR) is 117 cm³/mol. The van der Waals surface area contributed by atoms with Crippen molar-refractivity contribution in [3.05, 3.63) is 75.6 Å². The van der Waals surface area contributed by atoms with Crippen LogP contribution in [0.3, 0.4) is 0 Å². The van der Waals surface area contributed by atoms with Crippen molar-refractivity contribution in [3.63, 3.8) is 0 Å². The molecule has 8 heteroatoms. The van der Waals surface area contributed by atoms with E-state index < -0.39 is 5.60 Å². The third-order valence-electron chi connectivity index (χ3n) is 5.25. The molecule has 1 unspecified atom stereocenters. The van der Waals surface area contributed by atoms with Crippen LogP contribution in [0.4, 0.5) is 11.5 Å². The molecule has 1 aromatic heterocycles. The first kappa shape index (κ1) is 20.2. The summed E-state index contributed by atoms with van der Waals surface area (Å²) in [7, 11) is 0. The van der Waals surface area contributed by atoms with E-state index in [1.54, 1.807) is 38.5 Å². The Balaban J connectivity index is 1.50. The van der Waals surface area contributed by atoms with Crippen LogP contribution in [0.1, 0.15) is 30.7 Å². The average molecular weight is 422 g/mol. The standard InChI is InChI=1S/C22H22ClN6O/c1-22(2,30)15-4-6-20(25-11-15)28-21-16-7-8-29(12-18(16)26-13-27-21)19-5-3-14(10-24)9-17(19)23/h3-6,9,11,13,20,30H,7-8,12H2,1-2H3,(H,26,27,28)/q-1. The van der Waals surface area contributed by atoms with E-state index in [2.05, 4.69) is 31.6 Å². The number of rotatable bonds is 4. The number of aromatic nitrogens is 2. The van der Waals surface area contributed by atoms with Crippen molar-refractivity contribution in [3.8, 4) is 6.07 Å². The monoisotopic (exact) mass is 421 g/mol. The topological polar surface area (TPSA) is 99.2 Å². The number of nitriles is 1. The number of anilines is 2. The van der Waals surface area contributed by atoms with E-state index in [0.717, 1.165) is 41.3 Å². The SMILES string of the molecule is CC(C)(O)C1=C[N-]C(Nc2ncnc3c2CCN(c2ccc(C#N)cc2Cl)C3)C=C1. The lowest BCUT2D eigenvalue weighted by molar-refractivity contribution is 0.123. The van der Waals surface area contributed by atoms with E-state index in [4.69, 9.17) is 16.9 Å². The van der Waals surface area contributed by atoms with Crippen molar-refractivity contribution in [2.24, 2.45) is 0 Å². The number of nitrogens with one attached hydrogen (secondary N) is 1. The molecule has 7 nitrogen and oxygen atoms in total. The van der Waals surface area contributed by atoms with E-state index >= 15 is 0 Å². The third kappa shape index (κ3) is 4.11. The van der Waals surface area contributed by atoms with E-state index in [1.807, 2.05) is 18.2 Å². The molecule has 0 spiro atoms. The fourth-order valence-electron chi connectivity index (χ4n) is 3.55. The molecule has 0 radical (unpaired) electrons. The molecule has 1 atom stereocenters. The van der Waals surface area contributed by atoms with Crippen molar-refractivity contribution >= 4 is 23.1 Å². The third-order valence-corrected chi connectivity index (χ3v) is 5.55. The van der Waals surface area contributed by atoms with Crippen molar-refractivity contribution in [1.29, 1.82) is 5.26 Å². The van der Waals surface area contributed by atoms with Crippen LogP contribution in [0.2, 0.25) is 5.02 Å². The van der Waals surface area contributed by atoms with E-state index in [-0.39, 0.29) is 6.17 Å². The van der Waals surface area contributed by atoms with Gasteiger partial charge in [0.05, 0.1) is 40.2 Å². The average Bonchev–Trinajstić information content (AvgIpc) is 2.73. The van der Waals surface area contributed by atoms with Crippen LogP contribution in [-0.2, 0) is 13.0 Å². The minimum absolute atomic E-state index is 0.249. The van der Waals surface area contributed by atoms with E-state index in [0.29, 0.717) is 17.1 Å². The fourth-order valence-corrected chi connectivity index (χ4v) is 3.85. The molecule has 30 heavy (non-hydrogen) atoms. The largest absolute Gasteiger partial charge is 0.668 e. The van der Waals surface area contributed by atoms with Gasteiger partial charge in [-0.2, -0.15) is 11.5 Å². The second-order valence-corrected chi connectivity index (χ2v) is 8.25. The highest BCUT2D eigenvalue weighted by Gasteiger charge is 2.23. The number of nitrogens with zero attached hydrogens (tertiary/aromatic N) is 5. The van der Waals surface area contributed by atoms with Gasteiger partial charge in [0.15, 0.2) is 0 Å². The van der Waals surface area contributed by atoms with Crippen LogP contribution < -0.4 is 10.2 Å². The Morgan fingerprint density at radius 2 is 2.20 bits per heavy atom. The lowest BCUT2D eigenvalue weighted by Crippen LogP contribution is -2.33. The second kappa shape index (κ2) is 7.98. The van der Waals surface area contributed by atoms with E-state index in [9.17, 15) is 5.11 Å². The Labute approximate surface area is 180 Å². The van der Waals surface area contributed by atoms with E-state index in [1.165, 1.54) is 0 Å². The number of halogens is 1. The van der Waals surface area contributed by atoms with Gasteiger partial charge >= 0.3 is 0 Å². The number of aliphatic hydroxyl groups is 1. The highest BCUT2D eigenvalue weighted by atomic mass is 35.5. The van der Waals surface area contributed by atoms with Crippen LogP contribution >= 0.6 is 11.6 Å². The quantitative estimate of drug-likeness (QED) is 0.776. The molecule has 2 aliphatic rings. The van der Waals surface area contributed by atoms with Gasteiger partial charge in [-0.3, -0.25) is 0 Å². The molecule has 154 valence electrons. The summed E-state index contributed by atoms with van der Waals surface area (Å²) >= 11 is 6.39. The first-order valence-corrected chi connectivity index (χ1v) is 10.1. The van der Waals surface area contributed by atoms with Crippen LogP contribution in [0.5, 0.6) is 0 Å². The molecule has 2 aliphatic heterocycles. The summed E-state index contributed by atoms with van der Waals surface area (Å²) in [6.45, 7) is 4.85. The molecule has 0 aliphatic carbocycles. The van der Waals surface area contributed by atoms with Crippen LogP contribution in [0.15, 0.2) is 48.5 Å². The molecular weight excluding hydrogens is 400 g/mol. The number of benzene rings is 1. The lowest BCUT2D eigenvalue weighted by Gasteiger charge is -2.37. The number of hydrogen-bond acceptors (Lipinski definition) is 6. The highest BCUT2D eigenvalue weighted by Crippen LogP contribution is 2.32. The van der Waals surface area contributed by atoms with Crippen molar-refractivity contribution in [2.75, 3.05) is 16.8 Å². The molecule has 2 aromatic rings. The zero-order valence-corrected chi connectivity index (χ0v) is 17.6. The fraction of sp³-hybridized carbons (Fsp3) is 0.318. The molecule has 0 bridgehead atoms. The van der Waals surface area contributed by atoms with Gasteiger partial charge < -0.3 is 20.6 Å². The molecule has 0 saturated heterocycles. The smallest absolute Gasteiger partial charge is 0.132 e. The molecule has 2 N–H and O–H groups in total. The first-order valence-electron chi connectivity index (χ1n) is 9.70. The van der Waals surface area contributed by atoms with Gasteiger partial charge in [0.1, 0.15) is 12.1 Å². The molecule has 0 fully saturated rings. The van der Waals surface area contributed by atoms with Crippen molar-refractivity contribution in [1.82, 2.24) is 9.97 Å². The molecule has 0 saturated carbocycles. The summed E-state index contributed by atoms with van der Waals surface area (Å²) in [5.74, 6) is 0.768. The lowest BCUT2D eigenvalue weighted by atomic mass is 9.97. The maximum Gasteiger partial charge on any atom is 0.132 e. The molecular formula is C22H22ClN6O-. The van der Waals surface area contributed by atoms with Gasteiger partial charge in [-0.05, 0) is 50.2 Å². The summed E-state index contributed by atoms with van der Waals surface area (Å²) < 4.78 is 0. The van der Waals surface area contributed by atoms with Crippen molar-refractivity contribution in [2.45, 2.75) is 38.6 Å². The first-order chi connectivity index (χ1) is 14.3. The summed E-state index contributed by atoms with van der Waals surface area (Å²) in [6, 6.07) is 7.45. The Hall–Kier alpha value is -3.08. The Kier molecular flexibility index (Phi) is 5.37. The molecule has 1 aromatic carbocycles. The minimum Gasteiger partial charge on any atom is -0.668 e. The zero-order valence-electron chi connectivity index (χ0n) is 16.8. The Morgan fingerprint density at radius 3 is 2.87 bits per heavy atom. The van der Waals surface area contributed by atoms with Crippen LogP contribution in [-0.4, -0.2) is 33.4 Å². The molecule has 0 amide bonds. The summed E-state index contributed by atoms with van der Waals surface area (Å²) in [5.41, 5.74) is 3.28. The van der Waals surface area contributed by atoms with Gasteiger partial charge in [0, 0.05) is 12.1 Å². The predicted octanol–water partition coefficient (Wildman–Crippen LogP) is 3.90. The zero-order chi connectivity index (χ0) is 21.3. The summed E-state index contributed by atoms with van der Waals surface area (Å²) in [4.78, 5) is 11.1. The van der Waals surface area contributed by atoms with Gasteiger partial charge in [-0.15, -0.1) is 0 Å². The highest BCUT2D eigenvalue weighted by molar-refractivity contribution is 6.33. The number of fused-ring (bicyclic) bond motifs is 1. The van der Waals surface area contributed by atoms with Gasteiger partial charge in [-0.1, -0.05) is 23.8 Å². The molecule has 3 heterocycles. The van der Waals surface area contributed by atoms with Crippen LogP contribution in [0, 0.1) is 11.3 Å². The maximum absolute atomic E-state index is 10.1. The Bertz CT molecular complexity index is 1070. The van der Waals surface area contributed by atoms with Gasteiger partial charge in [-0.25, -0.2) is 9.97 Å². The number of hydrogen-bond donors (Lipinski definition) is 2. The summed E-state index contributed by atoms with van der Waals surface area (Å²) in [6.07, 6.45) is 7.55. The van der Waals surface area contributed by atoms with Crippen molar-refractivity contribution < 1.29 is 5.11 Å². The summed E-state index contributed by atoms with van der Waals surface area (Å²) in [5, 5.41) is 27.5. The Morgan fingerprint density at radius 1 is 1.37 bits per heavy atom. The van der Waals surface area contributed by atoms with Crippen LogP contribution in [0.25, 0.3) is 5.32 Å². The van der Waals surface area contributed by atoms with Gasteiger partial charge in [0.2, 0.25) is 0 Å². The van der Waals surface area contributed by atoms with Gasteiger partial charge in [0.25, 0.3) is 0 Å². The maximum atomic E-state index is 10.1. The second-order valence-electron chi connectivity index (χ2n) is 7.84.